The fraction of sp³-hybridized carbons (Fsp3) is 0.818. The maximum atomic E-state index is 11.0. The zero-order chi connectivity index (χ0) is 26.5. The number of carbonyl (C=O) groups excluding carboxylic acids is 4. The van der Waals surface area contributed by atoms with Gasteiger partial charge in [-0.05, 0) is 6.92 Å². The van der Waals surface area contributed by atoms with Crippen LogP contribution >= 0.6 is 0 Å². The van der Waals surface area contributed by atoms with Crippen LogP contribution in [0.4, 0.5) is 0 Å². The van der Waals surface area contributed by atoms with Gasteiger partial charge in [0, 0.05) is 7.11 Å². The van der Waals surface area contributed by atoms with E-state index in [0.29, 0.717) is 6.61 Å². The number of aliphatic hydroxyl groups excluding tert-OH is 2. The highest BCUT2D eigenvalue weighted by Gasteiger charge is 2.03. The van der Waals surface area contributed by atoms with Crippen LogP contribution in [0, 0.1) is 0 Å². The molecule has 0 amide bonds. The summed E-state index contributed by atoms with van der Waals surface area (Å²) >= 11 is 0. The van der Waals surface area contributed by atoms with Gasteiger partial charge in [-0.3, -0.25) is 4.79 Å². The van der Waals surface area contributed by atoms with Crippen molar-refractivity contribution in [3.05, 3.63) is 0 Å². The van der Waals surface area contributed by atoms with Crippen molar-refractivity contribution in [1.29, 1.82) is 0 Å². The topological polar surface area (TPSA) is 183 Å². The number of methoxy groups -OCH3 is 3. The Bertz CT molecular complexity index is 477. The number of hydrogen-bond donors (Lipinski definition) is 2. The van der Waals surface area contributed by atoms with Crippen LogP contribution in [0.25, 0.3) is 0 Å². The molecule has 0 aromatic heterocycles. The van der Waals surface area contributed by atoms with Crippen molar-refractivity contribution in [3.63, 3.8) is 0 Å². The first-order valence-corrected chi connectivity index (χ1v) is 10.1. The van der Waals surface area contributed by atoms with Crippen LogP contribution in [0.15, 0.2) is 0 Å². The highest BCUT2D eigenvalue weighted by atomic mass is 16.6. The number of aliphatic hydroxyl groups is 2. The summed E-state index contributed by atoms with van der Waals surface area (Å²) in [7, 11) is 4.08. The van der Waals surface area contributed by atoms with E-state index >= 15 is 0 Å². The average Bonchev–Trinajstić information content (AvgIpc) is 2.83. The molecule has 0 aromatic rings. The molecule has 2 N–H and O–H groups in total. The molecule has 0 rings (SSSR count). The molecule has 14 heteroatoms. The standard InChI is InChI=1S/C10H18O6.C8H14O6.C2H6O2.2CH4/c1-9(11)7-14-4-5-15-8-10(12)16-6-3-13-2;1-11-7(9)5-13-3-4-14-6-8(10)12-2;3-1-2-4;;/h3-8H2,1-2H3;3-6H2,1-2H3;3-4H,1-2H2;2*1H4. The molecule has 0 aromatic carbocycles. The van der Waals surface area contributed by atoms with Crippen LogP contribution in [-0.4, -0.2) is 135 Å². The van der Waals surface area contributed by atoms with Crippen LogP contribution in [0.5, 0.6) is 0 Å². The molecular formula is C22H46O14. The van der Waals surface area contributed by atoms with E-state index in [4.69, 9.17) is 38.6 Å². The maximum Gasteiger partial charge on any atom is 0.332 e. The molecule has 0 atom stereocenters. The molecule has 0 aliphatic heterocycles. The molecule has 0 bridgehead atoms. The van der Waals surface area contributed by atoms with E-state index in [9.17, 15) is 19.2 Å². The zero-order valence-electron chi connectivity index (χ0n) is 20.3. The van der Waals surface area contributed by atoms with Crippen LogP contribution in [0.2, 0.25) is 0 Å². The molecule has 0 radical (unpaired) electrons. The maximum absolute atomic E-state index is 11.0. The van der Waals surface area contributed by atoms with E-state index in [2.05, 4.69) is 9.47 Å². The molecule has 0 unspecified atom stereocenters. The molecule has 14 nitrogen and oxygen atoms in total. The SMILES string of the molecule is C.C.COC(=O)COCCOCC(=O)OC.COCCOC(=O)COCCOCC(C)=O.OCCO. The number of rotatable bonds is 18. The van der Waals surface area contributed by atoms with Crippen molar-refractivity contribution in [1.82, 2.24) is 0 Å². The molecule has 0 aliphatic rings. The van der Waals surface area contributed by atoms with Crippen LogP contribution in [0.3, 0.4) is 0 Å². The van der Waals surface area contributed by atoms with Crippen LogP contribution in [0.1, 0.15) is 21.8 Å². The summed E-state index contributed by atoms with van der Waals surface area (Å²) in [5, 5.41) is 15.2. The van der Waals surface area contributed by atoms with E-state index in [1.807, 2.05) is 0 Å². The molecule has 0 saturated carbocycles. The largest absolute Gasteiger partial charge is 0.467 e. The Morgan fingerprint density at radius 3 is 1.22 bits per heavy atom. The Balaban J connectivity index is -0.000000148. The van der Waals surface area contributed by atoms with Gasteiger partial charge in [-0.15, -0.1) is 0 Å². The first kappa shape index (κ1) is 43.8. The van der Waals surface area contributed by atoms with Gasteiger partial charge in [-0.1, -0.05) is 14.9 Å². The second-order valence-corrected chi connectivity index (χ2v) is 5.73. The van der Waals surface area contributed by atoms with Gasteiger partial charge in [0.2, 0.25) is 0 Å². The summed E-state index contributed by atoms with van der Waals surface area (Å²) < 4.78 is 37.7. The number of hydrogen-bond acceptors (Lipinski definition) is 14. The first-order chi connectivity index (χ1) is 16.3. The van der Waals surface area contributed by atoms with Gasteiger partial charge in [-0.25, -0.2) is 14.4 Å². The molecule has 218 valence electrons. The summed E-state index contributed by atoms with van der Waals surface area (Å²) in [6.45, 7) is 2.50. The normalized spacial score (nSPS) is 9.06. The van der Waals surface area contributed by atoms with E-state index in [1.54, 1.807) is 0 Å². The number of carbonyl (C=O) groups is 4. The summed E-state index contributed by atoms with van der Waals surface area (Å²) in [5.41, 5.74) is 0. The number of ether oxygens (including phenoxy) is 8. The number of esters is 3. The van der Waals surface area contributed by atoms with Gasteiger partial charge in [0.05, 0.1) is 60.5 Å². The lowest BCUT2D eigenvalue weighted by atomic mass is 10.5. The third-order valence-corrected chi connectivity index (χ3v) is 2.81. The van der Waals surface area contributed by atoms with Crippen molar-refractivity contribution < 1.29 is 67.3 Å². The van der Waals surface area contributed by atoms with E-state index in [1.165, 1.54) is 28.3 Å². The molecule has 0 spiro atoms. The fourth-order valence-electron chi connectivity index (χ4n) is 1.32. The predicted molar refractivity (Wildman–Crippen MR) is 128 cm³/mol. The van der Waals surface area contributed by atoms with E-state index in [0.717, 1.165) is 0 Å². The zero-order valence-corrected chi connectivity index (χ0v) is 20.3. The van der Waals surface area contributed by atoms with Gasteiger partial charge in [0.15, 0.2) is 5.78 Å². The van der Waals surface area contributed by atoms with Crippen molar-refractivity contribution in [2.75, 3.05) is 101 Å². The lowest BCUT2D eigenvalue weighted by Gasteiger charge is -2.05. The minimum Gasteiger partial charge on any atom is -0.467 e. The molecule has 36 heavy (non-hydrogen) atoms. The lowest BCUT2D eigenvalue weighted by Crippen LogP contribution is -2.17. The summed E-state index contributed by atoms with van der Waals surface area (Å²) in [6.07, 6.45) is 0. The molecule has 0 aliphatic carbocycles. The number of Topliss-reactive ketones (excluding diaryl/α,β-unsaturated/α-hetero) is 1. The van der Waals surface area contributed by atoms with Gasteiger partial charge in [-0.2, -0.15) is 0 Å². The van der Waals surface area contributed by atoms with Crippen molar-refractivity contribution in [2.24, 2.45) is 0 Å². The molecule has 0 heterocycles. The molecule has 0 fully saturated rings. The Kier molecular flexibility index (Phi) is 45.5. The predicted octanol–water partition coefficient (Wildman–Crippen LogP) is -0.593. The Morgan fingerprint density at radius 2 is 0.917 bits per heavy atom. The van der Waals surface area contributed by atoms with Gasteiger partial charge < -0.3 is 48.1 Å². The quantitative estimate of drug-likeness (QED) is 0.129. The average molecular weight is 535 g/mol. The second-order valence-electron chi connectivity index (χ2n) is 5.73. The van der Waals surface area contributed by atoms with Crippen molar-refractivity contribution in [3.8, 4) is 0 Å². The summed E-state index contributed by atoms with van der Waals surface area (Å²) in [6, 6.07) is 0. The highest BCUT2D eigenvalue weighted by Crippen LogP contribution is 1.85. The lowest BCUT2D eigenvalue weighted by molar-refractivity contribution is -0.151. The third kappa shape index (κ3) is 45.3. The van der Waals surface area contributed by atoms with Gasteiger partial charge in [0.25, 0.3) is 0 Å². The third-order valence-electron chi connectivity index (χ3n) is 2.81. The molecular weight excluding hydrogens is 488 g/mol. The van der Waals surface area contributed by atoms with Gasteiger partial charge >= 0.3 is 17.9 Å². The fourth-order valence-corrected chi connectivity index (χ4v) is 1.32. The van der Waals surface area contributed by atoms with Gasteiger partial charge in [0.1, 0.15) is 33.0 Å². The van der Waals surface area contributed by atoms with Crippen LogP contribution in [-0.2, 0) is 57.1 Å². The highest BCUT2D eigenvalue weighted by molar-refractivity contribution is 5.76. The Hall–Kier alpha value is -2.20. The summed E-state index contributed by atoms with van der Waals surface area (Å²) in [5.74, 6) is -1.38. The summed E-state index contributed by atoms with van der Waals surface area (Å²) in [4.78, 5) is 42.5. The number of ketones is 1. The molecule has 0 saturated heterocycles. The Labute approximate surface area is 214 Å². The van der Waals surface area contributed by atoms with Crippen molar-refractivity contribution >= 4 is 23.7 Å². The monoisotopic (exact) mass is 534 g/mol. The first-order valence-electron chi connectivity index (χ1n) is 10.1. The van der Waals surface area contributed by atoms with E-state index < -0.39 is 17.9 Å². The van der Waals surface area contributed by atoms with E-state index in [-0.39, 0.29) is 93.3 Å². The smallest absolute Gasteiger partial charge is 0.332 e. The van der Waals surface area contributed by atoms with Crippen LogP contribution < -0.4 is 0 Å². The Morgan fingerprint density at radius 1 is 0.556 bits per heavy atom. The second kappa shape index (κ2) is 37.4. The minimum atomic E-state index is -0.446. The minimum absolute atomic E-state index is 0. The van der Waals surface area contributed by atoms with Crippen molar-refractivity contribution in [2.45, 2.75) is 21.8 Å².